The molecule has 2 aromatic carbocycles. The van der Waals surface area contributed by atoms with Gasteiger partial charge in [-0.15, -0.1) is 5.10 Å². The number of hydrogen-bond acceptors (Lipinski definition) is 5. The fourth-order valence-electron chi connectivity index (χ4n) is 2.46. The number of H-pyrrole nitrogens is 1. The molecule has 0 spiro atoms. The van der Waals surface area contributed by atoms with E-state index < -0.39 is 29.1 Å². The number of rotatable bonds is 4. The SMILES string of the molecule is Nc1nc(Nc2cc(F)c(-c3cccc(C(=O)O)c3)c(C(F)(F)F)c2)n[nH]1. The summed E-state index contributed by atoms with van der Waals surface area (Å²) >= 11 is 0. The van der Waals surface area contributed by atoms with Crippen LogP contribution in [0, 0.1) is 5.82 Å². The Morgan fingerprint density at radius 2 is 1.96 bits per heavy atom. The maximum absolute atomic E-state index is 14.6. The number of aromatic nitrogens is 3. The van der Waals surface area contributed by atoms with Crippen LogP contribution in [0.15, 0.2) is 36.4 Å². The number of anilines is 3. The van der Waals surface area contributed by atoms with Gasteiger partial charge in [0.25, 0.3) is 0 Å². The lowest BCUT2D eigenvalue weighted by molar-refractivity contribution is -0.137. The van der Waals surface area contributed by atoms with Crippen molar-refractivity contribution in [1.29, 1.82) is 0 Å². The molecule has 0 saturated heterocycles. The predicted molar refractivity (Wildman–Crippen MR) is 87.9 cm³/mol. The second kappa shape index (κ2) is 6.59. The molecule has 0 aliphatic heterocycles. The Labute approximate surface area is 148 Å². The Kier molecular flexibility index (Phi) is 4.44. The number of carbonyl (C=O) groups is 1. The minimum atomic E-state index is -4.90. The molecule has 0 aliphatic carbocycles. The van der Waals surface area contributed by atoms with Gasteiger partial charge in [0.15, 0.2) is 0 Å². The smallest absolute Gasteiger partial charge is 0.417 e. The molecular formula is C16H11F4N5O2. The summed E-state index contributed by atoms with van der Waals surface area (Å²) < 4.78 is 55.2. The van der Waals surface area contributed by atoms with E-state index in [9.17, 15) is 22.4 Å². The fourth-order valence-corrected chi connectivity index (χ4v) is 2.46. The van der Waals surface area contributed by atoms with E-state index in [1.807, 2.05) is 0 Å². The number of aromatic amines is 1. The van der Waals surface area contributed by atoms with Crippen LogP contribution in [0.1, 0.15) is 15.9 Å². The van der Waals surface area contributed by atoms with Crippen molar-refractivity contribution in [2.75, 3.05) is 11.1 Å². The highest BCUT2D eigenvalue weighted by molar-refractivity contribution is 5.89. The van der Waals surface area contributed by atoms with Gasteiger partial charge in [0.05, 0.1) is 11.1 Å². The standard InChI is InChI=1S/C16H11F4N5O2/c17-11-6-9(22-15-23-14(21)24-25-15)5-10(16(18,19)20)12(11)7-2-1-3-8(4-7)13(26)27/h1-6H,(H,26,27)(H4,21,22,23,24,25). The molecule has 140 valence electrons. The summed E-state index contributed by atoms with van der Waals surface area (Å²) in [7, 11) is 0. The minimum Gasteiger partial charge on any atom is -0.478 e. The summed E-state index contributed by atoms with van der Waals surface area (Å²) in [6, 6.07) is 6.10. The van der Waals surface area contributed by atoms with E-state index in [4.69, 9.17) is 10.8 Å². The number of carboxylic acid groups (broad SMARTS) is 1. The second-order valence-electron chi connectivity index (χ2n) is 5.43. The molecule has 1 aromatic heterocycles. The number of halogens is 4. The lowest BCUT2D eigenvalue weighted by Crippen LogP contribution is -2.10. The van der Waals surface area contributed by atoms with Crippen LogP contribution in [0.2, 0.25) is 0 Å². The van der Waals surface area contributed by atoms with Gasteiger partial charge in [-0.05, 0) is 29.8 Å². The highest BCUT2D eigenvalue weighted by Gasteiger charge is 2.36. The van der Waals surface area contributed by atoms with Crippen molar-refractivity contribution in [3.8, 4) is 11.1 Å². The van der Waals surface area contributed by atoms with Gasteiger partial charge in [0.2, 0.25) is 11.9 Å². The maximum atomic E-state index is 14.6. The molecule has 0 amide bonds. The highest BCUT2D eigenvalue weighted by Crippen LogP contribution is 2.40. The number of aromatic carboxylic acids is 1. The quantitative estimate of drug-likeness (QED) is 0.513. The van der Waals surface area contributed by atoms with Gasteiger partial charge in [0.1, 0.15) is 5.82 Å². The van der Waals surface area contributed by atoms with E-state index in [0.717, 1.165) is 12.1 Å². The molecule has 0 saturated carbocycles. The molecule has 7 nitrogen and oxygen atoms in total. The van der Waals surface area contributed by atoms with Crippen molar-refractivity contribution in [1.82, 2.24) is 15.2 Å². The number of hydrogen-bond donors (Lipinski definition) is 4. The van der Waals surface area contributed by atoms with Crippen molar-refractivity contribution >= 4 is 23.6 Å². The van der Waals surface area contributed by atoms with Crippen LogP contribution in [0.3, 0.4) is 0 Å². The van der Waals surface area contributed by atoms with Gasteiger partial charge < -0.3 is 16.2 Å². The monoisotopic (exact) mass is 381 g/mol. The molecular weight excluding hydrogens is 370 g/mol. The van der Waals surface area contributed by atoms with Gasteiger partial charge in [-0.3, -0.25) is 0 Å². The normalized spacial score (nSPS) is 11.4. The van der Waals surface area contributed by atoms with Crippen LogP contribution < -0.4 is 11.1 Å². The number of nitrogen functional groups attached to an aromatic ring is 1. The molecule has 0 radical (unpaired) electrons. The fraction of sp³-hybridized carbons (Fsp3) is 0.0625. The number of nitrogens with one attached hydrogen (secondary N) is 2. The molecule has 11 heteroatoms. The van der Waals surface area contributed by atoms with Crippen molar-refractivity contribution in [3.05, 3.63) is 53.3 Å². The molecule has 27 heavy (non-hydrogen) atoms. The second-order valence-corrected chi connectivity index (χ2v) is 5.43. The average molecular weight is 381 g/mol. The summed E-state index contributed by atoms with van der Waals surface area (Å²) in [6.45, 7) is 0. The molecule has 1 heterocycles. The van der Waals surface area contributed by atoms with Crippen molar-refractivity contribution in [3.63, 3.8) is 0 Å². The maximum Gasteiger partial charge on any atom is 0.417 e. The molecule has 0 aliphatic rings. The lowest BCUT2D eigenvalue weighted by atomic mass is 9.96. The first-order valence-electron chi connectivity index (χ1n) is 7.34. The zero-order valence-electron chi connectivity index (χ0n) is 13.3. The molecule has 5 N–H and O–H groups in total. The Morgan fingerprint density at radius 1 is 1.22 bits per heavy atom. The van der Waals surface area contributed by atoms with Crippen LogP contribution in [0.4, 0.5) is 35.1 Å². The summed E-state index contributed by atoms with van der Waals surface area (Å²) in [4.78, 5) is 14.7. The Balaban J connectivity index is 2.13. The van der Waals surface area contributed by atoms with Crippen LogP contribution >= 0.6 is 0 Å². The number of nitrogens with zero attached hydrogens (tertiary/aromatic N) is 2. The van der Waals surface area contributed by atoms with E-state index in [-0.39, 0.29) is 28.7 Å². The largest absolute Gasteiger partial charge is 0.478 e. The Bertz CT molecular complexity index is 1020. The Morgan fingerprint density at radius 3 is 2.56 bits per heavy atom. The van der Waals surface area contributed by atoms with Gasteiger partial charge in [-0.1, -0.05) is 12.1 Å². The van der Waals surface area contributed by atoms with Crippen LogP contribution in [-0.4, -0.2) is 26.3 Å². The van der Waals surface area contributed by atoms with E-state index >= 15 is 0 Å². The van der Waals surface area contributed by atoms with E-state index in [1.165, 1.54) is 18.2 Å². The topological polar surface area (TPSA) is 117 Å². The van der Waals surface area contributed by atoms with Crippen LogP contribution in [0.5, 0.6) is 0 Å². The summed E-state index contributed by atoms with van der Waals surface area (Å²) in [5.74, 6) is -2.75. The van der Waals surface area contributed by atoms with Gasteiger partial charge in [-0.25, -0.2) is 14.3 Å². The van der Waals surface area contributed by atoms with Crippen molar-refractivity contribution in [2.45, 2.75) is 6.18 Å². The van der Waals surface area contributed by atoms with E-state index in [2.05, 4.69) is 20.5 Å². The Hall–Kier alpha value is -3.63. The summed E-state index contributed by atoms with van der Waals surface area (Å²) in [5, 5.41) is 17.3. The van der Waals surface area contributed by atoms with Crippen molar-refractivity contribution in [2.24, 2.45) is 0 Å². The zero-order chi connectivity index (χ0) is 19.8. The number of alkyl halides is 3. The highest BCUT2D eigenvalue weighted by atomic mass is 19.4. The third-order valence-electron chi connectivity index (χ3n) is 3.55. The number of carboxylic acids is 1. The minimum absolute atomic E-state index is 0.0730. The first kappa shape index (κ1) is 18.2. The summed E-state index contributed by atoms with van der Waals surface area (Å²) in [6.07, 6.45) is -4.90. The molecule has 0 fully saturated rings. The van der Waals surface area contributed by atoms with Crippen LogP contribution in [-0.2, 0) is 6.18 Å². The molecule has 0 unspecified atom stereocenters. The van der Waals surface area contributed by atoms with Gasteiger partial charge in [-0.2, -0.15) is 18.2 Å². The first-order chi connectivity index (χ1) is 12.6. The van der Waals surface area contributed by atoms with Gasteiger partial charge in [0, 0.05) is 11.3 Å². The lowest BCUT2D eigenvalue weighted by Gasteiger charge is -2.16. The molecule has 0 bridgehead atoms. The van der Waals surface area contributed by atoms with E-state index in [1.54, 1.807) is 0 Å². The number of benzene rings is 2. The van der Waals surface area contributed by atoms with E-state index in [0.29, 0.717) is 6.07 Å². The predicted octanol–water partition coefficient (Wildman–Crippen LogP) is 3.65. The number of nitrogens with two attached hydrogens (primary N) is 1. The molecule has 3 rings (SSSR count). The molecule has 0 atom stereocenters. The first-order valence-corrected chi connectivity index (χ1v) is 7.34. The third kappa shape index (κ3) is 3.81. The zero-order valence-corrected chi connectivity index (χ0v) is 13.3. The van der Waals surface area contributed by atoms with Crippen LogP contribution in [0.25, 0.3) is 11.1 Å². The average Bonchev–Trinajstić information content (AvgIpc) is 2.98. The third-order valence-corrected chi connectivity index (χ3v) is 3.55. The summed E-state index contributed by atoms with van der Waals surface area (Å²) in [5.41, 5.74) is 2.56. The van der Waals surface area contributed by atoms with Gasteiger partial charge >= 0.3 is 12.1 Å². The molecule has 3 aromatic rings. The van der Waals surface area contributed by atoms with Crippen molar-refractivity contribution < 1.29 is 27.5 Å².